The highest BCUT2D eigenvalue weighted by atomic mass is 15.1. The van der Waals surface area contributed by atoms with Crippen LogP contribution >= 0.6 is 0 Å². The minimum absolute atomic E-state index is 0.990. The lowest BCUT2D eigenvalue weighted by molar-refractivity contribution is 0.933. The number of fused-ring (bicyclic) bond motifs is 1. The molecule has 0 aliphatic rings. The second kappa shape index (κ2) is 5.15. The van der Waals surface area contributed by atoms with E-state index in [0.717, 1.165) is 17.1 Å². The molecule has 106 valence electrons. The molecule has 0 atom stereocenters. The van der Waals surface area contributed by atoms with Crippen molar-refractivity contribution in [2.75, 3.05) is 0 Å². The smallest absolute Gasteiger partial charge is 0.140 e. The SMILES string of the molecule is Cn1c(-c2ccc3ccccc3c2)cnc1-c1ccccc1. The van der Waals surface area contributed by atoms with E-state index in [4.69, 9.17) is 0 Å². The average Bonchev–Trinajstić information content (AvgIpc) is 2.97. The Morgan fingerprint density at radius 1 is 0.727 bits per heavy atom. The molecule has 0 unspecified atom stereocenters. The standard InChI is InChI=1S/C20H16N2/c1-22-19(14-21-20(22)16-8-3-2-4-9-16)18-12-11-15-7-5-6-10-17(15)13-18/h2-14H,1H3. The maximum absolute atomic E-state index is 4.61. The second-order valence-corrected chi connectivity index (χ2v) is 5.45. The molecule has 0 bridgehead atoms. The number of hydrogen-bond donors (Lipinski definition) is 0. The van der Waals surface area contributed by atoms with Gasteiger partial charge in [-0.05, 0) is 16.8 Å². The third-order valence-electron chi connectivity index (χ3n) is 4.07. The Labute approximate surface area is 129 Å². The summed E-state index contributed by atoms with van der Waals surface area (Å²) in [4.78, 5) is 4.61. The van der Waals surface area contributed by atoms with Gasteiger partial charge in [-0.2, -0.15) is 0 Å². The molecular weight excluding hydrogens is 268 g/mol. The van der Waals surface area contributed by atoms with Crippen LogP contribution < -0.4 is 0 Å². The van der Waals surface area contributed by atoms with Crippen LogP contribution in [-0.4, -0.2) is 9.55 Å². The Balaban J connectivity index is 1.84. The van der Waals surface area contributed by atoms with Crippen LogP contribution in [0.15, 0.2) is 79.0 Å². The van der Waals surface area contributed by atoms with Gasteiger partial charge in [-0.3, -0.25) is 0 Å². The third kappa shape index (κ3) is 2.09. The normalized spacial score (nSPS) is 11.0. The van der Waals surface area contributed by atoms with Gasteiger partial charge in [0.2, 0.25) is 0 Å². The zero-order chi connectivity index (χ0) is 14.9. The molecule has 4 aromatic rings. The van der Waals surface area contributed by atoms with E-state index in [-0.39, 0.29) is 0 Å². The quantitative estimate of drug-likeness (QED) is 0.511. The second-order valence-electron chi connectivity index (χ2n) is 5.45. The Morgan fingerprint density at radius 2 is 1.45 bits per heavy atom. The van der Waals surface area contributed by atoms with E-state index >= 15 is 0 Å². The van der Waals surface area contributed by atoms with Crippen molar-refractivity contribution in [3.63, 3.8) is 0 Å². The molecule has 0 saturated heterocycles. The fraction of sp³-hybridized carbons (Fsp3) is 0.0500. The van der Waals surface area contributed by atoms with Gasteiger partial charge in [0.1, 0.15) is 5.82 Å². The van der Waals surface area contributed by atoms with Crippen LogP contribution in [0.4, 0.5) is 0 Å². The molecule has 1 heterocycles. The Bertz CT molecular complexity index is 936. The molecule has 0 N–H and O–H groups in total. The van der Waals surface area contributed by atoms with E-state index in [2.05, 4.69) is 71.2 Å². The molecule has 0 radical (unpaired) electrons. The van der Waals surface area contributed by atoms with Crippen LogP contribution in [0, 0.1) is 0 Å². The van der Waals surface area contributed by atoms with E-state index in [1.54, 1.807) is 0 Å². The van der Waals surface area contributed by atoms with Crippen molar-refractivity contribution in [3.8, 4) is 22.6 Å². The summed E-state index contributed by atoms with van der Waals surface area (Å²) in [6, 6.07) is 25.3. The van der Waals surface area contributed by atoms with Gasteiger partial charge in [-0.25, -0.2) is 4.98 Å². The molecule has 0 fully saturated rings. The van der Waals surface area contributed by atoms with Gasteiger partial charge in [-0.1, -0.05) is 66.7 Å². The number of hydrogen-bond acceptors (Lipinski definition) is 1. The third-order valence-corrected chi connectivity index (χ3v) is 4.07. The molecule has 0 spiro atoms. The lowest BCUT2D eigenvalue weighted by atomic mass is 10.1. The van der Waals surface area contributed by atoms with Gasteiger partial charge in [0.15, 0.2) is 0 Å². The highest BCUT2D eigenvalue weighted by molar-refractivity contribution is 5.87. The maximum Gasteiger partial charge on any atom is 0.140 e. The number of rotatable bonds is 2. The summed E-state index contributed by atoms with van der Waals surface area (Å²) in [6.07, 6.45) is 1.95. The zero-order valence-corrected chi connectivity index (χ0v) is 12.4. The van der Waals surface area contributed by atoms with Crippen LogP contribution in [0.5, 0.6) is 0 Å². The van der Waals surface area contributed by atoms with E-state index in [9.17, 15) is 0 Å². The van der Waals surface area contributed by atoms with E-state index in [1.165, 1.54) is 16.3 Å². The van der Waals surface area contributed by atoms with Crippen LogP contribution in [-0.2, 0) is 7.05 Å². The van der Waals surface area contributed by atoms with Crippen molar-refractivity contribution >= 4 is 10.8 Å². The molecule has 2 nitrogen and oxygen atoms in total. The van der Waals surface area contributed by atoms with Crippen molar-refractivity contribution in [1.82, 2.24) is 9.55 Å². The molecule has 22 heavy (non-hydrogen) atoms. The first-order valence-electron chi connectivity index (χ1n) is 7.39. The molecule has 4 rings (SSSR count). The number of aromatic nitrogens is 2. The molecule has 0 aliphatic carbocycles. The Kier molecular flexibility index (Phi) is 3.01. The largest absolute Gasteiger partial charge is 0.327 e. The summed E-state index contributed by atoms with van der Waals surface area (Å²) in [5, 5.41) is 2.51. The summed E-state index contributed by atoms with van der Waals surface area (Å²) in [5.74, 6) is 0.990. The van der Waals surface area contributed by atoms with Gasteiger partial charge in [0.05, 0.1) is 11.9 Å². The molecule has 0 saturated carbocycles. The first kappa shape index (κ1) is 12.8. The van der Waals surface area contributed by atoms with Gasteiger partial charge >= 0.3 is 0 Å². The summed E-state index contributed by atoms with van der Waals surface area (Å²) in [6.45, 7) is 0. The van der Waals surface area contributed by atoms with Crippen LogP contribution in [0.1, 0.15) is 0 Å². The summed E-state index contributed by atoms with van der Waals surface area (Å²) >= 11 is 0. The van der Waals surface area contributed by atoms with Crippen LogP contribution in [0.2, 0.25) is 0 Å². The van der Waals surface area contributed by atoms with Gasteiger partial charge in [0.25, 0.3) is 0 Å². The molecule has 2 heteroatoms. The van der Waals surface area contributed by atoms with Crippen molar-refractivity contribution in [2.24, 2.45) is 7.05 Å². The van der Waals surface area contributed by atoms with E-state index < -0.39 is 0 Å². The van der Waals surface area contributed by atoms with Crippen molar-refractivity contribution in [3.05, 3.63) is 79.0 Å². The average molecular weight is 284 g/mol. The molecule has 3 aromatic carbocycles. The molecule has 1 aromatic heterocycles. The lowest BCUT2D eigenvalue weighted by Crippen LogP contribution is -1.95. The first-order valence-corrected chi connectivity index (χ1v) is 7.39. The predicted octanol–water partition coefficient (Wildman–Crippen LogP) is 4.91. The fourth-order valence-corrected chi connectivity index (χ4v) is 2.88. The van der Waals surface area contributed by atoms with Crippen LogP contribution in [0.25, 0.3) is 33.4 Å². The summed E-state index contributed by atoms with van der Waals surface area (Å²) in [5.41, 5.74) is 3.46. The zero-order valence-electron chi connectivity index (χ0n) is 12.4. The summed E-state index contributed by atoms with van der Waals surface area (Å²) < 4.78 is 2.15. The fourth-order valence-electron chi connectivity index (χ4n) is 2.88. The monoisotopic (exact) mass is 284 g/mol. The molecule has 0 amide bonds. The Morgan fingerprint density at radius 3 is 2.27 bits per heavy atom. The van der Waals surface area contributed by atoms with Crippen LogP contribution in [0.3, 0.4) is 0 Å². The number of benzene rings is 3. The minimum atomic E-state index is 0.990. The van der Waals surface area contributed by atoms with E-state index in [1.807, 2.05) is 24.4 Å². The number of nitrogens with zero attached hydrogens (tertiary/aromatic N) is 2. The number of imidazole rings is 1. The maximum atomic E-state index is 4.61. The predicted molar refractivity (Wildman–Crippen MR) is 91.6 cm³/mol. The summed E-state index contributed by atoms with van der Waals surface area (Å²) in [7, 11) is 2.07. The van der Waals surface area contributed by atoms with Crippen molar-refractivity contribution in [2.45, 2.75) is 0 Å². The van der Waals surface area contributed by atoms with Gasteiger partial charge < -0.3 is 4.57 Å². The topological polar surface area (TPSA) is 17.8 Å². The highest BCUT2D eigenvalue weighted by Crippen LogP contribution is 2.27. The minimum Gasteiger partial charge on any atom is -0.327 e. The van der Waals surface area contributed by atoms with E-state index in [0.29, 0.717) is 0 Å². The Hall–Kier alpha value is -2.87. The van der Waals surface area contributed by atoms with Crippen molar-refractivity contribution in [1.29, 1.82) is 0 Å². The first-order chi connectivity index (χ1) is 10.8. The van der Waals surface area contributed by atoms with Gasteiger partial charge in [0, 0.05) is 18.2 Å². The molecular formula is C20H16N2. The van der Waals surface area contributed by atoms with Crippen molar-refractivity contribution < 1.29 is 0 Å². The van der Waals surface area contributed by atoms with Gasteiger partial charge in [-0.15, -0.1) is 0 Å². The molecule has 0 aliphatic heterocycles. The highest BCUT2D eigenvalue weighted by Gasteiger charge is 2.10. The lowest BCUT2D eigenvalue weighted by Gasteiger charge is -2.07.